The number of nitrogens with zero attached hydrogens (tertiary/aromatic N) is 1. The van der Waals surface area contributed by atoms with E-state index in [2.05, 4.69) is 0 Å². The summed E-state index contributed by atoms with van der Waals surface area (Å²) in [5.41, 5.74) is 0.599. The van der Waals surface area contributed by atoms with E-state index in [-0.39, 0.29) is 33.9 Å². The molecule has 2 N–H and O–H groups in total. The summed E-state index contributed by atoms with van der Waals surface area (Å²) in [4.78, 5) is 25.2. The van der Waals surface area contributed by atoms with Crippen molar-refractivity contribution in [3.63, 3.8) is 0 Å². The Morgan fingerprint density at radius 2 is 2.21 bits per heavy atom. The van der Waals surface area contributed by atoms with Gasteiger partial charge >= 0.3 is 13.1 Å². The molecule has 0 saturated carbocycles. The Labute approximate surface area is 144 Å². The first-order valence-corrected chi connectivity index (χ1v) is 8.73. The van der Waals surface area contributed by atoms with E-state index in [9.17, 15) is 19.7 Å². The third-order valence-corrected chi connectivity index (χ3v) is 5.48. The number of methoxy groups -OCH3 is 1. The maximum absolute atomic E-state index is 11.9. The van der Waals surface area contributed by atoms with Crippen molar-refractivity contribution in [1.82, 2.24) is 4.90 Å². The number of amides is 1. The van der Waals surface area contributed by atoms with Crippen LogP contribution in [0.3, 0.4) is 0 Å². The molecule has 1 atom stereocenters. The summed E-state index contributed by atoms with van der Waals surface area (Å²) in [7, 11) is 0.213. The van der Waals surface area contributed by atoms with Crippen molar-refractivity contribution in [1.29, 1.82) is 0 Å². The van der Waals surface area contributed by atoms with E-state index in [0.29, 0.717) is 12.0 Å². The van der Waals surface area contributed by atoms with Gasteiger partial charge in [-0.25, -0.2) is 4.79 Å². The van der Waals surface area contributed by atoms with Gasteiger partial charge in [0.2, 0.25) is 5.91 Å². The number of ether oxygens (including phenoxy) is 1. The van der Waals surface area contributed by atoms with Crippen LogP contribution in [0.4, 0.5) is 0 Å². The van der Waals surface area contributed by atoms with Gasteiger partial charge in [-0.2, -0.15) is 0 Å². The molecule has 0 aliphatic carbocycles. The molecule has 24 heavy (non-hydrogen) atoms. The molecule has 0 bridgehead atoms. The lowest BCUT2D eigenvalue weighted by molar-refractivity contribution is -0.131. The number of hydrogen-bond donors (Lipinski definition) is 2. The lowest BCUT2D eigenvalue weighted by Crippen LogP contribution is -2.45. The molecule has 1 aromatic rings. The second kappa shape index (κ2) is 6.94. The quantitative estimate of drug-likeness (QED) is 0.753. The fraction of sp³-hybridized carbons (Fsp3) is 0.467. The zero-order valence-corrected chi connectivity index (χ0v) is 14.0. The summed E-state index contributed by atoms with van der Waals surface area (Å²) in [6.07, 6.45) is 1.47. The van der Waals surface area contributed by atoms with Crippen molar-refractivity contribution < 1.29 is 29.1 Å². The lowest BCUT2D eigenvalue weighted by Gasteiger charge is -2.32. The summed E-state index contributed by atoms with van der Waals surface area (Å²) in [6.45, 7) is 1.60. The number of fused-ring (bicyclic) bond motifs is 1. The van der Waals surface area contributed by atoms with Crippen LogP contribution in [-0.4, -0.2) is 65.1 Å². The Morgan fingerprint density at radius 1 is 1.46 bits per heavy atom. The van der Waals surface area contributed by atoms with E-state index in [0.717, 1.165) is 19.5 Å². The zero-order chi connectivity index (χ0) is 17.3. The topological polar surface area (TPSA) is 96.3 Å². The van der Waals surface area contributed by atoms with Gasteiger partial charge in [-0.05, 0) is 24.5 Å². The molecule has 7 nitrogen and oxygen atoms in total. The number of hydrogen-bond acceptors (Lipinski definition) is 6. The van der Waals surface area contributed by atoms with Gasteiger partial charge in [-0.3, -0.25) is 4.79 Å². The molecular weight excluding hydrogens is 333 g/mol. The van der Waals surface area contributed by atoms with Crippen molar-refractivity contribution in [2.75, 3.05) is 26.0 Å². The fourth-order valence-corrected chi connectivity index (χ4v) is 3.82. The number of carboxylic acids is 1. The largest absolute Gasteiger partial charge is 0.536 e. The van der Waals surface area contributed by atoms with Crippen LogP contribution < -0.4 is 9.39 Å². The summed E-state index contributed by atoms with van der Waals surface area (Å²) in [5.74, 6) is -0.504. The third-order valence-electron chi connectivity index (χ3n) is 4.24. The van der Waals surface area contributed by atoms with Crippen molar-refractivity contribution in [3.05, 3.63) is 23.3 Å². The maximum atomic E-state index is 11.9. The van der Waals surface area contributed by atoms with Gasteiger partial charge in [0.05, 0.1) is 18.0 Å². The van der Waals surface area contributed by atoms with Crippen LogP contribution >= 0.6 is 11.8 Å². The van der Waals surface area contributed by atoms with Gasteiger partial charge in [0.1, 0.15) is 17.1 Å². The Kier molecular flexibility index (Phi) is 4.91. The summed E-state index contributed by atoms with van der Waals surface area (Å²) in [5, 5.41) is 19.3. The first-order valence-electron chi connectivity index (χ1n) is 7.68. The minimum atomic E-state index is -1.17. The van der Waals surface area contributed by atoms with Crippen LogP contribution in [0.15, 0.2) is 12.1 Å². The van der Waals surface area contributed by atoms with Gasteiger partial charge in [0.25, 0.3) is 0 Å². The molecule has 2 aliphatic heterocycles. The Hall–Kier alpha value is -1.87. The third kappa shape index (κ3) is 3.18. The molecule has 1 aromatic carbocycles. The van der Waals surface area contributed by atoms with Crippen LogP contribution in [0.5, 0.6) is 11.5 Å². The smallest absolute Gasteiger partial charge is 0.534 e. The maximum Gasteiger partial charge on any atom is 0.536 e. The molecular formula is C15H18BNO6S. The number of carbonyl (C=O) groups excluding carboxylic acids is 1. The second-order valence-corrected chi connectivity index (χ2v) is 6.96. The molecule has 3 rings (SSSR count). The lowest BCUT2D eigenvalue weighted by atomic mass is 9.77. The molecule has 0 unspecified atom stereocenters. The number of rotatable bonds is 5. The minimum Gasteiger partial charge on any atom is -0.534 e. The molecule has 1 amide bonds. The first kappa shape index (κ1) is 17.0. The van der Waals surface area contributed by atoms with E-state index < -0.39 is 13.1 Å². The van der Waals surface area contributed by atoms with Gasteiger partial charge in [0.15, 0.2) is 0 Å². The predicted octanol–water partition coefficient (Wildman–Crippen LogP) is 0.682. The number of carbonyl (C=O) groups is 2. The molecule has 1 saturated heterocycles. The molecule has 0 aromatic heterocycles. The van der Waals surface area contributed by atoms with E-state index in [1.165, 1.54) is 18.9 Å². The van der Waals surface area contributed by atoms with Crippen LogP contribution in [0.2, 0.25) is 0 Å². The highest BCUT2D eigenvalue weighted by molar-refractivity contribution is 8.01. The number of aromatic carboxylic acids is 1. The Morgan fingerprint density at radius 3 is 2.79 bits per heavy atom. The molecule has 1 fully saturated rings. The normalized spacial score (nSPS) is 19.2. The standard InChI is InChI=1S/C15H18BNO6S/c1-22-10-4-3-9-7-11(24-8-12(18)17-5-2-6-17)16(21)23-14(9)13(10)15(19)20/h3-4,11,21H,2,5-8H2,1H3,(H,19,20)/t11-/m0/s1. The highest BCUT2D eigenvalue weighted by Gasteiger charge is 2.38. The number of benzene rings is 1. The number of likely N-dealkylation sites (tertiary alicyclic amines) is 1. The first-order chi connectivity index (χ1) is 11.5. The molecule has 9 heteroatoms. The second-order valence-electron chi connectivity index (χ2n) is 5.73. The van der Waals surface area contributed by atoms with Crippen LogP contribution in [0.25, 0.3) is 0 Å². The Bertz CT molecular complexity index is 666. The van der Waals surface area contributed by atoms with Gasteiger partial charge in [-0.15, -0.1) is 11.8 Å². The highest BCUT2D eigenvalue weighted by Crippen LogP contribution is 2.38. The molecule has 0 spiro atoms. The van der Waals surface area contributed by atoms with E-state index in [1.54, 1.807) is 17.0 Å². The van der Waals surface area contributed by atoms with Crippen LogP contribution in [0, 0.1) is 0 Å². The van der Waals surface area contributed by atoms with Gasteiger partial charge < -0.3 is 24.4 Å². The van der Waals surface area contributed by atoms with Crippen molar-refractivity contribution in [2.45, 2.75) is 18.0 Å². The van der Waals surface area contributed by atoms with Crippen molar-refractivity contribution in [2.24, 2.45) is 0 Å². The van der Waals surface area contributed by atoms with Crippen molar-refractivity contribution >= 4 is 30.8 Å². The molecule has 0 radical (unpaired) electrons. The van der Waals surface area contributed by atoms with Crippen LogP contribution in [-0.2, 0) is 11.2 Å². The zero-order valence-electron chi connectivity index (χ0n) is 13.2. The number of carboxylic acid groups (broad SMARTS) is 1. The van der Waals surface area contributed by atoms with Gasteiger partial charge in [0, 0.05) is 13.1 Å². The van der Waals surface area contributed by atoms with Crippen molar-refractivity contribution in [3.8, 4) is 11.5 Å². The Balaban J connectivity index is 1.74. The van der Waals surface area contributed by atoms with E-state index in [1.807, 2.05) is 0 Å². The number of thioether (sulfide) groups is 1. The summed E-state index contributed by atoms with van der Waals surface area (Å²) >= 11 is 1.33. The molecule has 2 heterocycles. The highest BCUT2D eigenvalue weighted by atomic mass is 32.2. The molecule has 128 valence electrons. The SMILES string of the molecule is COc1ccc2c(c1C(=O)O)OB(O)[C@@H](SCC(=O)N1CCC1)C2. The fourth-order valence-electron chi connectivity index (χ4n) is 2.77. The van der Waals surface area contributed by atoms with Gasteiger partial charge in [-0.1, -0.05) is 6.07 Å². The summed E-state index contributed by atoms with van der Waals surface area (Å²) < 4.78 is 10.5. The summed E-state index contributed by atoms with van der Waals surface area (Å²) in [6, 6.07) is 3.31. The predicted molar refractivity (Wildman–Crippen MR) is 89.7 cm³/mol. The van der Waals surface area contributed by atoms with E-state index >= 15 is 0 Å². The average molecular weight is 351 g/mol. The monoisotopic (exact) mass is 351 g/mol. The van der Waals surface area contributed by atoms with Crippen LogP contribution in [0.1, 0.15) is 22.3 Å². The molecule has 2 aliphatic rings. The van der Waals surface area contributed by atoms with E-state index in [4.69, 9.17) is 9.39 Å². The minimum absolute atomic E-state index is 0.0604. The average Bonchev–Trinajstić information content (AvgIpc) is 2.49.